The van der Waals surface area contributed by atoms with Gasteiger partial charge in [0, 0.05) is 16.6 Å². The van der Waals surface area contributed by atoms with Crippen LogP contribution in [0.2, 0.25) is 0 Å². The Morgan fingerprint density at radius 3 is 2.89 bits per heavy atom. The molecule has 96 valence electrons. The lowest BCUT2D eigenvalue weighted by molar-refractivity contribution is 0.602. The van der Waals surface area contributed by atoms with Gasteiger partial charge in [-0.15, -0.1) is 11.3 Å². The summed E-state index contributed by atoms with van der Waals surface area (Å²) in [4.78, 5) is 4.23. The third-order valence-electron chi connectivity index (χ3n) is 2.31. The molecule has 0 spiro atoms. The maximum absolute atomic E-state index is 11.4. The van der Waals surface area contributed by atoms with Gasteiger partial charge < -0.3 is 5.73 Å². The molecule has 5 nitrogen and oxygen atoms in total. The zero-order chi connectivity index (χ0) is 13.2. The standard InChI is InChI=1S/C11H13N3O2S2/c1-2-18(15,16)14-11-13-10(7-17-11)8-4-3-5-9(12)6-8/h3-7H,2,12H2,1H3,(H,13,14). The predicted octanol–water partition coefficient (Wildman–Crippen LogP) is 2.15. The second-order valence-corrected chi connectivity index (χ2v) is 6.54. The summed E-state index contributed by atoms with van der Waals surface area (Å²) >= 11 is 1.25. The summed E-state index contributed by atoms with van der Waals surface area (Å²) in [7, 11) is -3.28. The summed E-state index contributed by atoms with van der Waals surface area (Å²) < 4.78 is 25.2. The number of nitrogen functional groups attached to an aromatic ring is 1. The molecule has 0 saturated carbocycles. The molecule has 0 amide bonds. The fraction of sp³-hybridized carbons (Fsp3) is 0.182. The second-order valence-electron chi connectivity index (χ2n) is 3.67. The molecule has 0 aliphatic carbocycles. The molecule has 0 aliphatic rings. The molecule has 2 rings (SSSR count). The monoisotopic (exact) mass is 283 g/mol. The first-order valence-corrected chi connectivity index (χ1v) is 7.85. The zero-order valence-electron chi connectivity index (χ0n) is 9.75. The van der Waals surface area contributed by atoms with Crippen LogP contribution in [0, 0.1) is 0 Å². The van der Waals surface area contributed by atoms with Gasteiger partial charge in [0.25, 0.3) is 0 Å². The molecule has 2 aromatic rings. The summed E-state index contributed by atoms with van der Waals surface area (Å²) in [5.41, 5.74) is 7.92. The van der Waals surface area contributed by atoms with Crippen LogP contribution < -0.4 is 10.5 Å². The fourth-order valence-corrected chi connectivity index (χ4v) is 2.95. The molecule has 1 heterocycles. The lowest BCUT2D eigenvalue weighted by Gasteiger charge is -2.01. The summed E-state index contributed by atoms with van der Waals surface area (Å²) in [6.45, 7) is 1.58. The number of nitrogens with zero attached hydrogens (tertiary/aromatic N) is 1. The Kier molecular flexibility index (Phi) is 3.53. The van der Waals surface area contributed by atoms with Gasteiger partial charge in [-0.1, -0.05) is 12.1 Å². The van der Waals surface area contributed by atoms with Crippen LogP contribution in [0.15, 0.2) is 29.6 Å². The minimum absolute atomic E-state index is 0.0280. The Hall–Kier alpha value is -1.60. The van der Waals surface area contributed by atoms with E-state index >= 15 is 0 Å². The topological polar surface area (TPSA) is 85.1 Å². The Morgan fingerprint density at radius 2 is 2.22 bits per heavy atom. The number of hydrogen-bond acceptors (Lipinski definition) is 5. The number of thiazole rings is 1. The number of hydrogen-bond donors (Lipinski definition) is 2. The van der Waals surface area contributed by atoms with Crippen molar-refractivity contribution in [2.24, 2.45) is 0 Å². The van der Waals surface area contributed by atoms with E-state index in [1.165, 1.54) is 11.3 Å². The van der Waals surface area contributed by atoms with Crippen LogP contribution in [0.25, 0.3) is 11.3 Å². The first kappa shape index (κ1) is 12.8. The SMILES string of the molecule is CCS(=O)(=O)Nc1nc(-c2cccc(N)c2)cs1. The minimum atomic E-state index is -3.28. The quantitative estimate of drug-likeness (QED) is 0.842. The largest absolute Gasteiger partial charge is 0.399 e. The van der Waals surface area contributed by atoms with Crippen LogP contribution in [0.3, 0.4) is 0 Å². The van der Waals surface area contributed by atoms with Gasteiger partial charge >= 0.3 is 0 Å². The molecule has 3 N–H and O–H groups in total. The van der Waals surface area contributed by atoms with Crippen LogP contribution in [0.1, 0.15) is 6.92 Å². The Morgan fingerprint density at radius 1 is 1.44 bits per heavy atom. The Balaban J connectivity index is 2.26. The second kappa shape index (κ2) is 4.95. The number of nitrogens with one attached hydrogen (secondary N) is 1. The van der Waals surface area contributed by atoms with Crippen molar-refractivity contribution in [1.82, 2.24) is 4.98 Å². The molecule has 0 aliphatic heterocycles. The highest BCUT2D eigenvalue weighted by atomic mass is 32.2. The minimum Gasteiger partial charge on any atom is -0.399 e. The van der Waals surface area contributed by atoms with Crippen molar-refractivity contribution in [1.29, 1.82) is 0 Å². The summed E-state index contributed by atoms with van der Waals surface area (Å²) in [6, 6.07) is 7.30. The first-order chi connectivity index (χ1) is 8.50. The maximum atomic E-state index is 11.4. The molecular formula is C11H13N3O2S2. The number of rotatable bonds is 4. The van der Waals surface area contributed by atoms with Gasteiger partial charge in [-0.25, -0.2) is 13.4 Å². The van der Waals surface area contributed by atoms with E-state index in [1.807, 2.05) is 12.1 Å². The number of sulfonamides is 1. The van der Waals surface area contributed by atoms with Crippen molar-refractivity contribution >= 4 is 32.2 Å². The van der Waals surface area contributed by atoms with Crippen molar-refractivity contribution < 1.29 is 8.42 Å². The average Bonchev–Trinajstić information content (AvgIpc) is 2.77. The van der Waals surface area contributed by atoms with Crippen LogP contribution in [-0.2, 0) is 10.0 Å². The van der Waals surface area contributed by atoms with E-state index in [0.29, 0.717) is 16.5 Å². The molecule has 18 heavy (non-hydrogen) atoms. The number of aromatic nitrogens is 1. The van der Waals surface area contributed by atoms with Crippen molar-refractivity contribution in [2.75, 3.05) is 16.2 Å². The van der Waals surface area contributed by atoms with E-state index in [1.54, 1.807) is 24.4 Å². The molecule has 0 unspecified atom stereocenters. The molecule has 1 aromatic heterocycles. The van der Waals surface area contributed by atoms with Crippen molar-refractivity contribution in [3.05, 3.63) is 29.6 Å². The lowest BCUT2D eigenvalue weighted by atomic mass is 10.1. The van der Waals surface area contributed by atoms with Crippen LogP contribution in [0.4, 0.5) is 10.8 Å². The smallest absolute Gasteiger partial charge is 0.234 e. The molecule has 1 aromatic carbocycles. The normalized spacial score (nSPS) is 11.4. The van der Waals surface area contributed by atoms with Gasteiger partial charge in [0.15, 0.2) is 5.13 Å². The number of nitrogens with two attached hydrogens (primary N) is 1. The molecule has 0 atom stereocenters. The van der Waals surface area contributed by atoms with Crippen molar-refractivity contribution in [3.8, 4) is 11.3 Å². The van der Waals surface area contributed by atoms with E-state index in [4.69, 9.17) is 5.73 Å². The van der Waals surface area contributed by atoms with Gasteiger partial charge in [-0.3, -0.25) is 4.72 Å². The van der Waals surface area contributed by atoms with Crippen molar-refractivity contribution in [3.63, 3.8) is 0 Å². The lowest BCUT2D eigenvalue weighted by Crippen LogP contribution is -2.14. The highest BCUT2D eigenvalue weighted by molar-refractivity contribution is 7.92. The average molecular weight is 283 g/mol. The molecule has 0 radical (unpaired) electrons. The first-order valence-electron chi connectivity index (χ1n) is 5.32. The van der Waals surface area contributed by atoms with Gasteiger partial charge in [0.05, 0.1) is 11.4 Å². The summed E-state index contributed by atoms with van der Waals surface area (Å²) in [6.07, 6.45) is 0. The summed E-state index contributed by atoms with van der Waals surface area (Å²) in [5.74, 6) is 0.0280. The molecule has 0 bridgehead atoms. The third kappa shape index (κ3) is 2.99. The summed E-state index contributed by atoms with van der Waals surface area (Å²) in [5, 5.41) is 2.16. The molecular weight excluding hydrogens is 270 g/mol. The van der Waals surface area contributed by atoms with E-state index in [0.717, 1.165) is 5.56 Å². The highest BCUT2D eigenvalue weighted by Crippen LogP contribution is 2.26. The molecule has 7 heteroatoms. The Bertz CT molecular complexity index is 650. The van der Waals surface area contributed by atoms with Crippen LogP contribution >= 0.6 is 11.3 Å². The Labute approximate surface area is 110 Å². The van der Waals surface area contributed by atoms with Crippen LogP contribution in [0.5, 0.6) is 0 Å². The van der Waals surface area contributed by atoms with Gasteiger partial charge in [0.2, 0.25) is 10.0 Å². The molecule has 0 fully saturated rings. The fourth-order valence-electron chi connectivity index (χ4n) is 1.36. The third-order valence-corrected chi connectivity index (χ3v) is 4.46. The van der Waals surface area contributed by atoms with E-state index in [9.17, 15) is 8.42 Å². The van der Waals surface area contributed by atoms with E-state index < -0.39 is 10.0 Å². The zero-order valence-corrected chi connectivity index (χ0v) is 11.4. The number of benzene rings is 1. The maximum Gasteiger partial charge on any atom is 0.234 e. The highest BCUT2D eigenvalue weighted by Gasteiger charge is 2.11. The van der Waals surface area contributed by atoms with Gasteiger partial charge in [-0.05, 0) is 19.1 Å². The molecule has 0 saturated heterocycles. The van der Waals surface area contributed by atoms with Crippen molar-refractivity contribution in [2.45, 2.75) is 6.92 Å². The van der Waals surface area contributed by atoms with Gasteiger partial charge in [-0.2, -0.15) is 0 Å². The number of anilines is 2. The van der Waals surface area contributed by atoms with Gasteiger partial charge in [0.1, 0.15) is 0 Å². The van der Waals surface area contributed by atoms with Crippen LogP contribution in [-0.4, -0.2) is 19.2 Å². The van der Waals surface area contributed by atoms with E-state index in [2.05, 4.69) is 9.71 Å². The predicted molar refractivity (Wildman–Crippen MR) is 75.0 cm³/mol. The van der Waals surface area contributed by atoms with E-state index in [-0.39, 0.29) is 5.75 Å².